The number of amides is 1. The second-order valence-corrected chi connectivity index (χ2v) is 2.93. The van der Waals surface area contributed by atoms with Gasteiger partial charge < -0.3 is 10.1 Å². The Morgan fingerprint density at radius 3 is 2.50 bits per heavy atom. The van der Waals surface area contributed by atoms with Crippen molar-refractivity contribution in [2.24, 2.45) is 0 Å². The topological polar surface area (TPSA) is 38.3 Å². The van der Waals surface area contributed by atoms with E-state index in [-0.39, 0.29) is 12.2 Å². The summed E-state index contributed by atoms with van der Waals surface area (Å²) in [5, 5.41) is 2.31. The third kappa shape index (κ3) is 1.41. The summed E-state index contributed by atoms with van der Waals surface area (Å²) < 4.78 is 30.9. The van der Waals surface area contributed by atoms with Crippen LogP contribution in [0.1, 0.15) is 11.6 Å². The van der Waals surface area contributed by atoms with Crippen LogP contribution in [0, 0.1) is 11.6 Å². The summed E-state index contributed by atoms with van der Waals surface area (Å²) in [6, 6.07) is 2.82. The molecule has 0 radical (unpaired) electrons. The minimum atomic E-state index is -0.733. The molecule has 0 aliphatic carbocycles. The molecule has 1 fully saturated rings. The zero-order valence-electron chi connectivity index (χ0n) is 7.09. The van der Waals surface area contributed by atoms with Crippen LogP contribution in [0.25, 0.3) is 0 Å². The highest BCUT2D eigenvalue weighted by atomic mass is 19.1. The van der Waals surface area contributed by atoms with E-state index < -0.39 is 23.8 Å². The highest BCUT2D eigenvalue weighted by molar-refractivity contribution is 5.70. The molecule has 1 heterocycles. The van der Waals surface area contributed by atoms with Gasteiger partial charge in [0.05, 0.1) is 6.04 Å². The standard InChI is InChI=1S/C9H7F2NO2/c10-5-2-1-3-6(11)8(5)7-4-14-9(13)12-7/h1-3,7H,4H2,(H,12,13). The SMILES string of the molecule is O=C1NC(c2c(F)cccc2F)CO1. The molecule has 5 heteroatoms. The molecule has 1 saturated heterocycles. The van der Waals surface area contributed by atoms with Crippen molar-refractivity contribution in [3.63, 3.8) is 0 Å². The van der Waals surface area contributed by atoms with Crippen molar-refractivity contribution < 1.29 is 18.3 Å². The number of carbonyl (C=O) groups is 1. The monoisotopic (exact) mass is 199 g/mol. The van der Waals surface area contributed by atoms with E-state index in [2.05, 4.69) is 10.1 Å². The Morgan fingerprint density at radius 1 is 1.36 bits per heavy atom. The Kier molecular flexibility index (Phi) is 2.07. The van der Waals surface area contributed by atoms with E-state index in [0.29, 0.717) is 0 Å². The molecule has 0 saturated carbocycles. The molecule has 74 valence electrons. The van der Waals surface area contributed by atoms with Gasteiger partial charge in [-0.25, -0.2) is 13.6 Å². The first-order chi connectivity index (χ1) is 6.68. The van der Waals surface area contributed by atoms with Crippen LogP contribution in [0.2, 0.25) is 0 Å². The normalized spacial score (nSPS) is 20.4. The van der Waals surface area contributed by atoms with Gasteiger partial charge in [0.15, 0.2) is 0 Å². The summed E-state index contributed by atoms with van der Waals surface area (Å²) in [5.41, 5.74) is -0.154. The molecule has 14 heavy (non-hydrogen) atoms. The van der Waals surface area contributed by atoms with Crippen molar-refractivity contribution in [1.29, 1.82) is 0 Å². The van der Waals surface area contributed by atoms with Crippen molar-refractivity contribution in [2.45, 2.75) is 6.04 Å². The molecule has 3 nitrogen and oxygen atoms in total. The summed E-state index contributed by atoms with van der Waals surface area (Å²) in [4.78, 5) is 10.7. The number of nitrogens with one attached hydrogen (secondary N) is 1. The lowest BCUT2D eigenvalue weighted by Crippen LogP contribution is -2.20. The first-order valence-corrected chi connectivity index (χ1v) is 4.05. The number of hydrogen-bond donors (Lipinski definition) is 1. The number of hydrogen-bond acceptors (Lipinski definition) is 2. The third-order valence-corrected chi connectivity index (χ3v) is 2.02. The van der Waals surface area contributed by atoms with Gasteiger partial charge in [-0.1, -0.05) is 6.07 Å². The summed E-state index contributed by atoms with van der Waals surface area (Å²) in [5.74, 6) is -1.36. The molecule has 1 atom stereocenters. The molecule has 1 aromatic carbocycles. The van der Waals surface area contributed by atoms with E-state index in [4.69, 9.17) is 0 Å². The average molecular weight is 199 g/mol. The van der Waals surface area contributed by atoms with Gasteiger partial charge >= 0.3 is 6.09 Å². The lowest BCUT2D eigenvalue weighted by atomic mass is 10.1. The van der Waals surface area contributed by atoms with Crippen molar-refractivity contribution in [3.05, 3.63) is 35.4 Å². The zero-order chi connectivity index (χ0) is 10.1. The first-order valence-electron chi connectivity index (χ1n) is 4.05. The molecule has 1 aliphatic heterocycles. The second-order valence-electron chi connectivity index (χ2n) is 2.93. The lowest BCUT2D eigenvalue weighted by Gasteiger charge is -2.09. The van der Waals surface area contributed by atoms with Crippen LogP contribution in [0.5, 0.6) is 0 Å². The Hall–Kier alpha value is -1.65. The van der Waals surface area contributed by atoms with E-state index in [9.17, 15) is 13.6 Å². The summed E-state index contributed by atoms with van der Waals surface area (Å²) in [7, 11) is 0. The summed E-state index contributed by atoms with van der Waals surface area (Å²) in [6.45, 7) is -0.0450. The van der Waals surface area contributed by atoms with Gasteiger partial charge in [0.25, 0.3) is 0 Å². The Bertz CT molecular complexity index is 361. The molecular weight excluding hydrogens is 192 g/mol. The van der Waals surface area contributed by atoms with E-state index >= 15 is 0 Å². The third-order valence-electron chi connectivity index (χ3n) is 2.02. The van der Waals surface area contributed by atoms with Gasteiger partial charge in [0.1, 0.15) is 18.2 Å². The quantitative estimate of drug-likeness (QED) is 0.748. The fourth-order valence-electron chi connectivity index (χ4n) is 1.38. The summed E-state index contributed by atoms with van der Waals surface area (Å²) >= 11 is 0. The summed E-state index contributed by atoms with van der Waals surface area (Å²) in [6.07, 6.45) is -0.655. The number of cyclic esters (lactones) is 1. The lowest BCUT2D eigenvalue weighted by molar-refractivity contribution is 0.176. The number of benzene rings is 1. The number of halogens is 2. The highest BCUT2D eigenvalue weighted by Gasteiger charge is 2.28. The Labute approximate surface area is 78.7 Å². The van der Waals surface area contributed by atoms with Gasteiger partial charge in [-0.05, 0) is 12.1 Å². The Morgan fingerprint density at radius 2 is 2.00 bits per heavy atom. The van der Waals surface area contributed by atoms with Crippen molar-refractivity contribution in [1.82, 2.24) is 5.32 Å². The minimum absolute atomic E-state index is 0.0450. The first kappa shape index (κ1) is 8.93. The van der Waals surface area contributed by atoms with Crippen LogP contribution >= 0.6 is 0 Å². The van der Waals surface area contributed by atoms with Crippen LogP contribution in [-0.4, -0.2) is 12.7 Å². The van der Waals surface area contributed by atoms with Gasteiger partial charge in [-0.3, -0.25) is 0 Å². The molecule has 1 aliphatic rings. The molecule has 1 amide bonds. The van der Waals surface area contributed by atoms with Crippen molar-refractivity contribution in [3.8, 4) is 0 Å². The van der Waals surface area contributed by atoms with Gasteiger partial charge in [0, 0.05) is 5.56 Å². The highest BCUT2D eigenvalue weighted by Crippen LogP contribution is 2.23. The maximum Gasteiger partial charge on any atom is 0.407 e. The van der Waals surface area contributed by atoms with Crippen LogP contribution in [0.3, 0.4) is 0 Å². The molecular formula is C9H7F2NO2. The molecule has 1 N–H and O–H groups in total. The largest absolute Gasteiger partial charge is 0.447 e. The van der Waals surface area contributed by atoms with Gasteiger partial charge in [-0.2, -0.15) is 0 Å². The van der Waals surface area contributed by atoms with E-state index in [1.165, 1.54) is 6.07 Å². The van der Waals surface area contributed by atoms with Crippen molar-refractivity contribution >= 4 is 6.09 Å². The van der Waals surface area contributed by atoms with Gasteiger partial charge in [-0.15, -0.1) is 0 Å². The molecule has 1 aromatic rings. The number of alkyl carbamates (subject to hydrolysis) is 1. The Balaban J connectivity index is 2.36. The van der Waals surface area contributed by atoms with E-state index in [0.717, 1.165) is 12.1 Å². The van der Waals surface area contributed by atoms with E-state index in [1.807, 2.05) is 0 Å². The van der Waals surface area contributed by atoms with Crippen LogP contribution in [-0.2, 0) is 4.74 Å². The maximum atomic E-state index is 13.2. The smallest absolute Gasteiger partial charge is 0.407 e. The van der Waals surface area contributed by atoms with E-state index in [1.54, 1.807) is 0 Å². The van der Waals surface area contributed by atoms with Crippen LogP contribution < -0.4 is 5.32 Å². The molecule has 2 rings (SSSR count). The molecule has 0 aromatic heterocycles. The van der Waals surface area contributed by atoms with Crippen molar-refractivity contribution in [2.75, 3.05) is 6.61 Å². The predicted octanol–water partition coefficient (Wildman–Crippen LogP) is 1.75. The predicted molar refractivity (Wildman–Crippen MR) is 43.6 cm³/mol. The number of ether oxygens (including phenoxy) is 1. The van der Waals surface area contributed by atoms with Gasteiger partial charge in [0.2, 0.25) is 0 Å². The number of carbonyl (C=O) groups excluding carboxylic acids is 1. The van der Waals surface area contributed by atoms with Crippen LogP contribution in [0.15, 0.2) is 18.2 Å². The average Bonchev–Trinajstić information content (AvgIpc) is 2.51. The number of rotatable bonds is 1. The van der Waals surface area contributed by atoms with Crippen LogP contribution in [0.4, 0.5) is 13.6 Å². The molecule has 0 spiro atoms. The fraction of sp³-hybridized carbons (Fsp3) is 0.222. The zero-order valence-corrected chi connectivity index (χ0v) is 7.09. The molecule has 0 bridgehead atoms. The fourth-order valence-corrected chi connectivity index (χ4v) is 1.38. The molecule has 1 unspecified atom stereocenters. The second kappa shape index (κ2) is 3.25. The minimum Gasteiger partial charge on any atom is -0.447 e. The maximum absolute atomic E-state index is 13.2.